The average Bonchev–Trinajstić information content (AvgIpc) is 3.45. The van der Waals surface area contributed by atoms with Crippen LogP contribution in [0.2, 0.25) is 0 Å². The largest absolute Gasteiger partial charge is 0.343 e. The highest BCUT2D eigenvalue weighted by molar-refractivity contribution is 7.09. The molecule has 11 heteroatoms. The lowest BCUT2D eigenvalue weighted by Crippen LogP contribution is -2.63. The van der Waals surface area contributed by atoms with Crippen molar-refractivity contribution in [1.82, 2.24) is 20.9 Å². The molecule has 1 aromatic heterocycles. The number of aromatic nitrogens is 1. The molecule has 0 radical (unpaired) electrons. The Morgan fingerprint density at radius 3 is 2.33 bits per heavy atom. The van der Waals surface area contributed by atoms with Gasteiger partial charge in [-0.15, -0.1) is 11.3 Å². The summed E-state index contributed by atoms with van der Waals surface area (Å²) < 4.78 is 27.3. The molecule has 2 saturated carbocycles. The zero-order valence-electron chi connectivity index (χ0n) is 21.7. The number of benzene rings is 1. The number of alkyl halides is 2. The fraction of sp³-hybridized carbons (Fsp3) is 0.536. The van der Waals surface area contributed by atoms with Crippen molar-refractivity contribution in [2.75, 3.05) is 0 Å². The summed E-state index contributed by atoms with van der Waals surface area (Å²) in [7, 11) is 0. The monoisotopic (exact) mass is 560 g/mol. The van der Waals surface area contributed by atoms with Crippen LogP contribution in [-0.4, -0.2) is 46.0 Å². The molecule has 2 fully saturated rings. The van der Waals surface area contributed by atoms with E-state index in [-0.39, 0.29) is 38.6 Å². The highest BCUT2D eigenvalue weighted by Crippen LogP contribution is 2.37. The second-order valence-corrected chi connectivity index (χ2v) is 11.4. The van der Waals surface area contributed by atoms with E-state index in [2.05, 4.69) is 20.9 Å². The van der Waals surface area contributed by atoms with Crippen molar-refractivity contribution in [1.29, 1.82) is 0 Å². The zero-order chi connectivity index (χ0) is 27.9. The SMILES string of the molecule is O=C(NCc1nccs1)C(=O)[C@@H](Cc1ccccc1)NC(=O)C1(NC(=O)C2CCC(F)(F)CC2)CCCCC1. The highest BCUT2D eigenvalue weighted by atomic mass is 32.1. The van der Waals surface area contributed by atoms with Crippen molar-refractivity contribution in [2.24, 2.45) is 5.92 Å². The van der Waals surface area contributed by atoms with Gasteiger partial charge in [-0.1, -0.05) is 49.6 Å². The van der Waals surface area contributed by atoms with E-state index >= 15 is 0 Å². The average molecular weight is 561 g/mol. The minimum atomic E-state index is -2.76. The minimum absolute atomic E-state index is 0.0604. The molecule has 39 heavy (non-hydrogen) atoms. The standard InChI is InChI=1S/C28H34F2N4O4S/c29-28(30)13-9-20(10-14-28)24(36)34-27(11-5-2-6-12-27)26(38)33-21(17-19-7-3-1-4-8-19)23(35)25(37)32-18-22-31-15-16-39-22/h1,3-4,7-8,15-16,20-21H,2,5-6,9-14,17-18H2,(H,32,37)(H,33,38)(H,34,36)/t21-/m1/s1. The Labute approximate surface area is 230 Å². The summed E-state index contributed by atoms with van der Waals surface area (Å²) in [5.74, 6) is -5.92. The number of carbonyl (C=O) groups excluding carboxylic acids is 4. The number of carbonyl (C=O) groups is 4. The molecule has 4 rings (SSSR count). The van der Waals surface area contributed by atoms with E-state index < -0.39 is 46.9 Å². The molecule has 0 spiro atoms. The lowest BCUT2D eigenvalue weighted by Gasteiger charge is -2.39. The Hall–Kier alpha value is -3.21. The topological polar surface area (TPSA) is 117 Å². The van der Waals surface area contributed by atoms with Gasteiger partial charge in [-0.05, 0) is 31.2 Å². The van der Waals surface area contributed by atoms with E-state index in [9.17, 15) is 28.0 Å². The minimum Gasteiger partial charge on any atom is -0.343 e. The molecule has 0 bridgehead atoms. The molecule has 2 aromatic rings. The van der Waals surface area contributed by atoms with E-state index in [1.165, 1.54) is 11.3 Å². The molecule has 0 saturated heterocycles. The molecule has 8 nitrogen and oxygen atoms in total. The molecule has 3 N–H and O–H groups in total. The van der Waals surface area contributed by atoms with Crippen LogP contribution in [0, 0.1) is 5.92 Å². The van der Waals surface area contributed by atoms with Crippen molar-refractivity contribution in [3.8, 4) is 0 Å². The van der Waals surface area contributed by atoms with Gasteiger partial charge in [0.25, 0.3) is 5.91 Å². The number of Topliss-reactive ketones (excluding diaryl/α,β-unsaturated/α-hetero) is 1. The second kappa shape index (κ2) is 12.8. The van der Waals surface area contributed by atoms with Gasteiger partial charge in [0, 0.05) is 36.8 Å². The first kappa shape index (κ1) is 28.8. The van der Waals surface area contributed by atoms with Gasteiger partial charge in [0.1, 0.15) is 16.6 Å². The Morgan fingerprint density at radius 1 is 1.00 bits per heavy atom. The van der Waals surface area contributed by atoms with Crippen LogP contribution in [0.15, 0.2) is 41.9 Å². The van der Waals surface area contributed by atoms with Crippen molar-refractivity contribution >= 4 is 34.8 Å². The smallest absolute Gasteiger partial charge is 0.289 e. The molecule has 210 valence electrons. The summed E-state index contributed by atoms with van der Waals surface area (Å²) in [5.41, 5.74) is -0.504. The first-order valence-electron chi connectivity index (χ1n) is 13.4. The van der Waals surface area contributed by atoms with Crippen LogP contribution in [0.25, 0.3) is 0 Å². The van der Waals surface area contributed by atoms with Gasteiger partial charge in [-0.25, -0.2) is 13.8 Å². The number of hydrogen-bond acceptors (Lipinski definition) is 6. The fourth-order valence-electron chi connectivity index (χ4n) is 5.30. The molecule has 3 amide bonds. The summed E-state index contributed by atoms with van der Waals surface area (Å²) in [6.45, 7) is 0.0919. The lowest BCUT2D eigenvalue weighted by molar-refractivity contribution is -0.143. The van der Waals surface area contributed by atoms with E-state index in [1.54, 1.807) is 35.8 Å². The van der Waals surface area contributed by atoms with Crippen molar-refractivity contribution in [3.05, 3.63) is 52.5 Å². The third kappa shape index (κ3) is 7.68. The van der Waals surface area contributed by atoms with E-state index in [0.29, 0.717) is 30.7 Å². The van der Waals surface area contributed by atoms with Crippen molar-refractivity contribution in [3.63, 3.8) is 0 Å². The van der Waals surface area contributed by atoms with E-state index in [4.69, 9.17) is 0 Å². The number of rotatable bonds is 10. The number of ketones is 1. The molecule has 0 aliphatic heterocycles. The fourth-order valence-corrected chi connectivity index (χ4v) is 5.86. The Balaban J connectivity index is 1.49. The molecule has 2 aliphatic carbocycles. The van der Waals surface area contributed by atoms with E-state index in [0.717, 1.165) is 12.0 Å². The van der Waals surface area contributed by atoms with Gasteiger partial charge in [0.15, 0.2) is 0 Å². The van der Waals surface area contributed by atoms with Crippen LogP contribution in [0.1, 0.15) is 68.4 Å². The van der Waals surface area contributed by atoms with Gasteiger partial charge in [-0.3, -0.25) is 19.2 Å². The van der Waals surface area contributed by atoms with Crippen LogP contribution in [-0.2, 0) is 32.1 Å². The molecule has 0 unspecified atom stereocenters. The summed E-state index contributed by atoms with van der Waals surface area (Å²) in [6.07, 6.45) is 4.14. The lowest BCUT2D eigenvalue weighted by atomic mass is 9.79. The first-order chi connectivity index (χ1) is 18.7. The summed E-state index contributed by atoms with van der Waals surface area (Å²) in [5, 5.41) is 10.6. The summed E-state index contributed by atoms with van der Waals surface area (Å²) in [6, 6.07) is 7.89. The molecule has 2 aliphatic rings. The molecular weight excluding hydrogens is 526 g/mol. The van der Waals surface area contributed by atoms with Crippen molar-refractivity contribution < 1.29 is 28.0 Å². The number of hydrogen-bond donors (Lipinski definition) is 3. The van der Waals surface area contributed by atoms with Crippen LogP contribution < -0.4 is 16.0 Å². The van der Waals surface area contributed by atoms with Crippen molar-refractivity contribution in [2.45, 2.75) is 88.3 Å². The quantitative estimate of drug-likeness (QED) is 0.383. The van der Waals surface area contributed by atoms with Gasteiger partial charge in [0.05, 0.1) is 6.54 Å². The molecular formula is C28H34F2N4O4S. The number of halogens is 2. The zero-order valence-corrected chi connectivity index (χ0v) is 22.5. The predicted molar refractivity (Wildman–Crippen MR) is 142 cm³/mol. The maximum Gasteiger partial charge on any atom is 0.289 e. The first-order valence-corrected chi connectivity index (χ1v) is 14.3. The highest BCUT2D eigenvalue weighted by Gasteiger charge is 2.45. The predicted octanol–water partition coefficient (Wildman–Crippen LogP) is 3.70. The number of nitrogens with zero attached hydrogens (tertiary/aromatic N) is 1. The van der Waals surface area contributed by atoms with Gasteiger partial charge in [0.2, 0.25) is 23.5 Å². The van der Waals surface area contributed by atoms with Gasteiger partial charge >= 0.3 is 0 Å². The second-order valence-electron chi connectivity index (χ2n) is 10.5. The normalized spacial score (nSPS) is 19.4. The van der Waals surface area contributed by atoms with Crippen LogP contribution in [0.3, 0.4) is 0 Å². The summed E-state index contributed by atoms with van der Waals surface area (Å²) in [4.78, 5) is 57.0. The van der Waals surface area contributed by atoms with Crippen LogP contribution in [0.5, 0.6) is 0 Å². The van der Waals surface area contributed by atoms with Crippen LogP contribution in [0.4, 0.5) is 8.78 Å². The maximum absolute atomic E-state index is 13.8. The molecule has 1 heterocycles. The molecule has 1 aromatic carbocycles. The van der Waals surface area contributed by atoms with Gasteiger partial charge in [-0.2, -0.15) is 0 Å². The van der Waals surface area contributed by atoms with Gasteiger partial charge < -0.3 is 16.0 Å². The van der Waals surface area contributed by atoms with Crippen LogP contribution >= 0.6 is 11.3 Å². The third-order valence-corrected chi connectivity index (χ3v) is 8.38. The Morgan fingerprint density at radius 2 is 1.69 bits per heavy atom. The maximum atomic E-state index is 13.8. The molecule has 1 atom stereocenters. The number of nitrogens with one attached hydrogen (secondary N) is 3. The number of thiazole rings is 1. The van der Waals surface area contributed by atoms with E-state index in [1.807, 2.05) is 6.07 Å². The third-order valence-electron chi connectivity index (χ3n) is 7.60. The Bertz CT molecular complexity index is 1140. The summed E-state index contributed by atoms with van der Waals surface area (Å²) >= 11 is 1.35. The number of amides is 3. The Kier molecular flexibility index (Phi) is 9.42.